The van der Waals surface area contributed by atoms with Crippen molar-refractivity contribution in [3.8, 4) is 11.6 Å². The Morgan fingerprint density at radius 2 is 1.73 bits per heavy atom. The van der Waals surface area contributed by atoms with Gasteiger partial charge < -0.3 is 9.84 Å². The molecule has 0 aliphatic rings. The van der Waals surface area contributed by atoms with E-state index in [1.54, 1.807) is 0 Å². The number of rotatable bonds is 7. The van der Waals surface area contributed by atoms with Crippen LogP contribution >= 0.6 is 12.2 Å². The smallest absolute Gasteiger partial charge is 0.417 e. The summed E-state index contributed by atoms with van der Waals surface area (Å²) >= 11 is 4.85. The van der Waals surface area contributed by atoms with Crippen molar-refractivity contribution in [2.45, 2.75) is 24.2 Å². The number of tetrazole rings is 1. The molecule has 0 aliphatic carbocycles. The van der Waals surface area contributed by atoms with Crippen LogP contribution in [0.3, 0.4) is 0 Å². The number of pyridine rings is 2. The first kappa shape index (κ1) is 26.2. The summed E-state index contributed by atoms with van der Waals surface area (Å²) in [5.41, 5.74) is -6.41. The van der Waals surface area contributed by atoms with E-state index in [0.717, 1.165) is 29.1 Å². The van der Waals surface area contributed by atoms with Gasteiger partial charge in [-0.05, 0) is 42.5 Å². The average Bonchev–Trinajstić information content (AvgIpc) is 3.23. The van der Waals surface area contributed by atoms with Crippen molar-refractivity contribution in [2.24, 2.45) is 0 Å². The van der Waals surface area contributed by atoms with Crippen LogP contribution in [0.15, 0.2) is 54.9 Å². The molecule has 8 nitrogen and oxygen atoms in total. The van der Waals surface area contributed by atoms with Crippen molar-refractivity contribution in [1.29, 1.82) is 0 Å². The second kappa shape index (κ2) is 9.51. The average molecular weight is 546 g/mol. The van der Waals surface area contributed by atoms with Crippen LogP contribution in [0.25, 0.3) is 0 Å². The molecule has 3 heterocycles. The van der Waals surface area contributed by atoms with Gasteiger partial charge in [0.2, 0.25) is 10.7 Å². The number of hydrogen-bond donors (Lipinski definition) is 2. The van der Waals surface area contributed by atoms with E-state index in [2.05, 4.69) is 25.5 Å². The van der Waals surface area contributed by atoms with E-state index in [1.165, 1.54) is 0 Å². The van der Waals surface area contributed by atoms with Crippen molar-refractivity contribution in [3.63, 3.8) is 0 Å². The zero-order valence-corrected chi connectivity index (χ0v) is 18.9. The largest absolute Gasteiger partial charge is 0.437 e. The van der Waals surface area contributed by atoms with Crippen LogP contribution in [0.2, 0.25) is 0 Å². The number of ether oxygens (including phenoxy) is 1. The molecule has 16 heteroatoms. The number of benzene rings is 1. The summed E-state index contributed by atoms with van der Waals surface area (Å²) in [4.78, 5) is 7.08. The summed E-state index contributed by atoms with van der Waals surface area (Å²) in [6.45, 7) is -1.08. The quantitative estimate of drug-likeness (QED) is 0.251. The fourth-order valence-corrected chi connectivity index (χ4v) is 3.44. The third-order valence-electron chi connectivity index (χ3n) is 5.16. The number of hydrogen-bond acceptors (Lipinski definition) is 7. The summed E-state index contributed by atoms with van der Waals surface area (Å²) in [6.07, 6.45) is -3.29. The summed E-state index contributed by atoms with van der Waals surface area (Å²) in [5, 5.41) is 20.1. The fraction of sp³-hybridized carbons (Fsp3) is 0.190. The van der Waals surface area contributed by atoms with Gasteiger partial charge in [-0.1, -0.05) is 10.3 Å². The van der Waals surface area contributed by atoms with Gasteiger partial charge in [-0.2, -0.15) is 27.2 Å². The highest BCUT2D eigenvalue weighted by molar-refractivity contribution is 7.71. The molecule has 3 aromatic heterocycles. The van der Waals surface area contributed by atoms with Crippen LogP contribution in [0, 0.1) is 16.4 Å². The summed E-state index contributed by atoms with van der Waals surface area (Å²) in [6, 6.07) is 5.03. The van der Waals surface area contributed by atoms with Crippen LogP contribution in [0.1, 0.15) is 16.8 Å². The van der Waals surface area contributed by atoms with Gasteiger partial charge in [-0.25, -0.2) is 18.4 Å². The van der Waals surface area contributed by atoms with E-state index in [1.807, 2.05) is 0 Å². The van der Waals surface area contributed by atoms with E-state index in [0.29, 0.717) is 30.5 Å². The first-order chi connectivity index (χ1) is 17.3. The lowest BCUT2D eigenvalue weighted by Gasteiger charge is -2.36. The van der Waals surface area contributed by atoms with E-state index in [-0.39, 0.29) is 16.4 Å². The van der Waals surface area contributed by atoms with Gasteiger partial charge in [0.15, 0.2) is 5.60 Å². The predicted octanol–water partition coefficient (Wildman–Crippen LogP) is 4.89. The van der Waals surface area contributed by atoms with Crippen molar-refractivity contribution < 1.29 is 40.6 Å². The molecule has 1 aromatic carbocycles. The molecule has 1 unspecified atom stereocenters. The molecule has 0 amide bonds. The van der Waals surface area contributed by atoms with E-state index in [4.69, 9.17) is 17.0 Å². The zero-order valence-electron chi connectivity index (χ0n) is 18.0. The highest BCUT2D eigenvalue weighted by Gasteiger charge is 2.58. The molecule has 37 heavy (non-hydrogen) atoms. The second-order valence-electron chi connectivity index (χ2n) is 7.59. The lowest BCUT2D eigenvalue weighted by atomic mass is 9.84. The molecular weight excluding hydrogens is 533 g/mol. The molecule has 0 fully saturated rings. The lowest BCUT2D eigenvalue weighted by molar-refractivity contribution is -0.208. The normalized spacial score (nSPS) is 13.8. The van der Waals surface area contributed by atoms with Crippen molar-refractivity contribution >= 4 is 12.2 Å². The minimum Gasteiger partial charge on any atom is -0.437 e. The van der Waals surface area contributed by atoms with Gasteiger partial charge in [0.1, 0.15) is 23.1 Å². The maximum atomic E-state index is 15.8. The summed E-state index contributed by atoms with van der Waals surface area (Å²) in [5.74, 6) is -7.31. The van der Waals surface area contributed by atoms with Crippen molar-refractivity contribution in [3.05, 3.63) is 88.1 Å². The molecule has 0 radical (unpaired) electrons. The van der Waals surface area contributed by atoms with Gasteiger partial charge in [0.05, 0.1) is 18.3 Å². The highest BCUT2D eigenvalue weighted by atomic mass is 32.1. The molecule has 0 aliphatic heterocycles. The number of nitrogens with one attached hydrogen (secondary N) is 1. The molecule has 194 valence electrons. The zero-order chi connectivity index (χ0) is 27.0. The first-order valence-corrected chi connectivity index (χ1v) is 10.4. The Kier molecular flexibility index (Phi) is 6.72. The third-order valence-corrected chi connectivity index (χ3v) is 5.46. The number of aliphatic hydroxyl groups is 1. The van der Waals surface area contributed by atoms with Crippen LogP contribution in [-0.4, -0.2) is 35.3 Å². The second-order valence-corrected chi connectivity index (χ2v) is 7.96. The van der Waals surface area contributed by atoms with Crippen LogP contribution in [0.5, 0.6) is 11.6 Å². The minimum absolute atomic E-state index is 0.178. The van der Waals surface area contributed by atoms with Crippen molar-refractivity contribution in [1.82, 2.24) is 30.2 Å². The monoisotopic (exact) mass is 546 g/mol. The Labute approximate surface area is 207 Å². The Bertz CT molecular complexity index is 1460. The molecule has 4 aromatic rings. The van der Waals surface area contributed by atoms with Gasteiger partial charge in [0.25, 0.3) is 0 Å². The van der Waals surface area contributed by atoms with E-state index >= 15 is 8.78 Å². The van der Waals surface area contributed by atoms with E-state index in [9.17, 15) is 27.1 Å². The molecule has 0 saturated heterocycles. The molecule has 2 N–H and O–H groups in total. The predicted molar refractivity (Wildman–Crippen MR) is 113 cm³/mol. The Hall–Kier alpha value is -3.92. The Balaban J connectivity index is 1.67. The molecular formula is C21H13F7N6O2S. The maximum absolute atomic E-state index is 15.8. The first-order valence-electron chi connectivity index (χ1n) is 10.0. The van der Waals surface area contributed by atoms with Gasteiger partial charge in [0, 0.05) is 23.9 Å². The molecule has 1 atom stereocenters. The van der Waals surface area contributed by atoms with Gasteiger partial charge >= 0.3 is 12.1 Å². The number of alkyl halides is 5. The molecule has 0 saturated carbocycles. The Morgan fingerprint density at radius 1 is 0.973 bits per heavy atom. The molecule has 0 spiro atoms. The summed E-state index contributed by atoms with van der Waals surface area (Å²) in [7, 11) is 0. The third kappa shape index (κ3) is 5.15. The number of aromatic nitrogens is 6. The number of aromatic amines is 1. The Morgan fingerprint density at radius 3 is 2.27 bits per heavy atom. The van der Waals surface area contributed by atoms with Gasteiger partial charge in [-0.15, -0.1) is 0 Å². The fourth-order valence-electron chi connectivity index (χ4n) is 3.29. The lowest BCUT2D eigenvalue weighted by Crippen LogP contribution is -2.48. The number of nitrogens with zero attached hydrogens (tertiary/aromatic N) is 5. The number of H-pyrrole nitrogens is 1. The standard InChI is InChI=1S/C21H13F7N6O2S/c22-12-2-4-14(15(23)7-12)19(35,10-34-18(37)31-32-33-34)20(24,25)16-5-3-13(9-29-16)36-17-6-1-11(8-30-17)21(26,27)28/h1-9,35H,10H2,(H,31,33,37). The molecule has 0 bridgehead atoms. The van der Waals surface area contributed by atoms with E-state index < -0.39 is 52.7 Å². The number of halogens is 7. The SMILES string of the molecule is OC(Cn1[nH]nnc1=S)(c1ccc(F)cc1F)C(F)(F)c1ccc(Oc2ccc(C(F)(F)F)cn2)cn1. The van der Waals surface area contributed by atoms with Crippen LogP contribution in [0.4, 0.5) is 30.7 Å². The maximum Gasteiger partial charge on any atom is 0.417 e. The topological polar surface area (TPSA) is 102 Å². The summed E-state index contributed by atoms with van der Waals surface area (Å²) < 4.78 is 103. The molecule has 4 rings (SSSR count). The van der Waals surface area contributed by atoms with Crippen LogP contribution < -0.4 is 4.74 Å². The van der Waals surface area contributed by atoms with Gasteiger partial charge in [-0.3, -0.25) is 4.98 Å². The minimum atomic E-state index is -4.61. The highest BCUT2D eigenvalue weighted by Crippen LogP contribution is 2.47. The van der Waals surface area contributed by atoms with Crippen LogP contribution in [-0.2, 0) is 24.2 Å². The van der Waals surface area contributed by atoms with Crippen molar-refractivity contribution in [2.75, 3.05) is 0 Å².